The lowest BCUT2D eigenvalue weighted by Crippen LogP contribution is -2.07. The summed E-state index contributed by atoms with van der Waals surface area (Å²) in [6, 6.07) is 5.48. The van der Waals surface area contributed by atoms with E-state index < -0.39 is 0 Å². The van der Waals surface area contributed by atoms with Gasteiger partial charge in [0.15, 0.2) is 11.5 Å². The molecule has 3 nitrogen and oxygen atoms in total. The highest BCUT2D eigenvalue weighted by Gasteiger charge is 2.10. The molecule has 0 N–H and O–H groups in total. The van der Waals surface area contributed by atoms with Crippen molar-refractivity contribution in [1.82, 2.24) is 0 Å². The predicted octanol–water partition coefficient (Wildman–Crippen LogP) is 3.12. The van der Waals surface area contributed by atoms with Crippen molar-refractivity contribution in [2.45, 2.75) is 20.0 Å². The molecule has 0 radical (unpaired) electrons. The van der Waals surface area contributed by atoms with Gasteiger partial charge in [-0.05, 0) is 35.8 Å². The van der Waals surface area contributed by atoms with E-state index in [4.69, 9.17) is 14.7 Å². The third-order valence-electron chi connectivity index (χ3n) is 1.74. The molecule has 0 unspecified atom stereocenters. The lowest BCUT2D eigenvalue weighted by Gasteiger charge is -2.14. The summed E-state index contributed by atoms with van der Waals surface area (Å²) in [6.07, 6.45) is 0.0478. The van der Waals surface area contributed by atoms with E-state index in [9.17, 15) is 0 Å². The van der Waals surface area contributed by atoms with Gasteiger partial charge in [-0.1, -0.05) is 0 Å². The van der Waals surface area contributed by atoms with Gasteiger partial charge in [0, 0.05) is 10.5 Å². The van der Waals surface area contributed by atoms with Gasteiger partial charge in [0.2, 0.25) is 0 Å². The molecule has 4 heteroatoms. The normalized spacial score (nSPS) is 9.87. The third-order valence-corrected chi connectivity index (χ3v) is 2.39. The van der Waals surface area contributed by atoms with Crippen LogP contribution in [-0.4, -0.2) is 13.2 Å². The highest BCUT2D eigenvalue weighted by Crippen LogP contribution is 2.33. The number of nitrogens with zero attached hydrogens (tertiary/aromatic N) is 1. The Balaban J connectivity index is 3.18. The smallest absolute Gasteiger partial charge is 0.162 e. The van der Waals surface area contributed by atoms with Crippen LogP contribution in [0.4, 0.5) is 0 Å². The van der Waals surface area contributed by atoms with E-state index in [-0.39, 0.29) is 6.10 Å². The fourth-order valence-electron chi connectivity index (χ4n) is 1.13. The Morgan fingerprint density at radius 1 is 1.33 bits per heavy atom. The van der Waals surface area contributed by atoms with Crippen molar-refractivity contribution in [2.24, 2.45) is 0 Å². The first kappa shape index (κ1) is 11.9. The maximum absolute atomic E-state index is 8.86. The van der Waals surface area contributed by atoms with Gasteiger partial charge in [-0.3, -0.25) is 0 Å². The van der Waals surface area contributed by atoms with Gasteiger partial charge in [-0.2, -0.15) is 5.26 Å². The average molecular weight is 270 g/mol. The minimum absolute atomic E-state index is 0.0478. The molecule has 0 aliphatic carbocycles. The number of methoxy groups -OCH3 is 1. The van der Waals surface area contributed by atoms with Crippen LogP contribution in [0.25, 0.3) is 0 Å². The molecule has 15 heavy (non-hydrogen) atoms. The maximum atomic E-state index is 8.86. The standard InChI is InChI=1S/C11H12BrNO2/c1-7(2)15-11-4-8(6-13)9(12)5-10(11)14-3/h4-5,7H,1-3H3. The second kappa shape index (κ2) is 5.04. The Hall–Kier alpha value is -1.21. The molecule has 1 aromatic rings. The zero-order chi connectivity index (χ0) is 11.4. The minimum Gasteiger partial charge on any atom is -0.493 e. The largest absolute Gasteiger partial charge is 0.493 e. The van der Waals surface area contributed by atoms with Crippen LogP contribution in [0.2, 0.25) is 0 Å². The maximum Gasteiger partial charge on any atom is 0.162 e. The number of ether oxygens (including phenoxy) is 2. The summed E-state index contributed by atoms with van der Waals surface area (Å²) in [5.74, 6) is 1.21. The van der Waals surface area contributed by atoms with E-state index in [1.807, 2.05) is 13.8 Å². The van der Waals surface area contributed by atoms with Crippen LogP contribution >= 0.6 is 15.9 Å². The van der Waals surface area contributed by atoms with E-state index in [1.54, 1.807) is 19.2 Å². The Bertz CT molecular complexity index is 396. The zero-order valence-corrected chi connectivity index (χ0v) is 10.5. The van der Waals surface area contributed by atoms with Crippen LogP contribution in [0.3, 0.4) is 0 Å². The third kappa shape index (κ3) is 2.87. The van der Waals surface area contributed by atoms with Gasteiger partial charge >= 0.3 is 0 Å². The second-order valence-electron chi connectivity index (χ2n) is 3.26. The first-order valence-corrected chi connectivity index (χ1v) is 5.32. The Kier molecular flexibility index (Phi) is 3.98. The first-order valence-electron chi connectivity index (χ1n) is 4.52. The molecule has 0 saturated heterocycles. The summed E-state index contributed by atoms with van der Waals surface area (Å²) in [5.41, 5.74) is 0.534. The molecule has 0 bridgehead atoms. The van der Waals surface area contributed by atoms with Crippen LogP contribution in [-0.2, 0) is 0 Å². The van der Waals surface area contributed by atoms with Crippen molar-refractivity contribution in [3.63, 3.8) is 0 Å². The van der Waals surface area contributed by atoms with Gasteiger partial charge < -0.3 is 9.47 Å². The zero-order valence-electron chi connectivity index (χ0n) is 8.87. The van der Waals surface area contributed by atoms with Gasteiger partial charge in [0.25, 0.3) is 0 Å². The fraction of sp³-hybridized carbons (Fsp3) is 0.364. The van der Waals surface area contributed by atoms with Crippen LogP contribution in [0, 0.1) is 11.3 Å². The predicted molar refractivity (Wildman–Crippen MR) is 61.2 cm³/mol. The number of hydrogen-bond acceptors (Lipinski definition) is 3. The van der Waals surface area contributed by atoms with Gasteiger partial charge in [-0.15, -0.1) is 0 Å². The van der Waals surface area contributed by atoms with Crippen LogP contribution in [0.5, 0.6) is 11.5 Å². The van der Waals surface area contributed by atoms with Gasteiger partial charge in [-0.25, -0.2) is 0 Å². The summed E-state index contributed by atoms with van der Waals surface area (Å²) < 4.78 is 11.4. The lowest BCUT2D eigenvalue weighted by molar-refractivity contribution is 0.230. The summed E-state index contributed by atoms with van der Waals surface area (Å²) >= 11 is 3.29. The molecule has 0 aliphatic heterocycles. The molecule has 0 amide bonds. The number of rotatable bonds is 3. The van der Waals surface area contributed by atoms with Gasteiger partial charge in [0.1, 0.15) is 6.07 Å². The van der Waals surface area contributed by atoms with E-state index in [0.29, 0.717) is 21.5 Å². The molecule has 1 aromatic carbocycles. The summed E-state index contributed by atoms with van der Waals surface area (Å²) in [4.78, 5) is 0. The Morgan fingerprint density at radius 3 is 2.47 bits per heavy atom. The number of nitriles is 1. The van der Waals surface area contributed by atoms with Crippen LogP contribution in [0.1, 0.15) is 19.4 Å². The average Bonchev–Trinajstić information content (AvgIpc) is 2.19. The number of benzene rings is 1. The van der Waals surface area contributed by atoms with Crippen molar-refractivity contribution >= 4 is 15.9 Å². The van der Waals surface area contributed by atoms with Crippen molar-refractivity contribution in [1.29, 1.82) is 5.26 Å². The molecular formula is C11H12BrNO2. The van der Waals surface area contributed by atoms with E-state index >= 15 is 0 Å². The lowest BCUT2D eigenvalue weighted by atomic mass is 10.2. The molecule has 0 heterocycles. The summed E-state index contributed by atoms with van der Waals surface area (Å²) in [5, 5.41) is 8.86. The topological polar surface area (TPSA) is 42.2 Å². The van der Waals surface area contributed by atoms with E-state index in [0.717, 1.165) is 0 Å². The van der Waals surface area contributed by atoms with Crippen molar-refractivity contribution in [2.75, 3.05) is 7.11 Å². The Labute approximate surface area is 97.7 Å². The molecule has 0 spiro atoms. The summed E-state index contributed by atoms with van der Waals surface area (Å²) in [6.45, 7) is 3.85. The molecule has 0 aromatic heterocycles. The SMILES string of the molecule is COc1cc(Br)c(C#N)cc1OC(C)C. The molecule has 0 fully saturated rings. The van der Waals surface area contributed by atoms with E-state index in [1.165, 1.54) is 0 Å². The highest BCUT2D eigenvalue weighted by molar-refractivity contribution is 9.10. The fourth-order valence-corrected chi connectivity index (χ4v) is 1.54. The first-order chi connectivity index (χ1) is 7.08. The number of hydrogen-bond donors (Lipinski definition) is 0. The molecule has 1 rings (SSSR count). The second-order valence-corrected chi connectivity index (χ2v) is 4.12. The van der Waals surface area contributed by atoms with Crippen LogP contribution in [0.15, 0.2) is 16.6 Å². The monoisotopic (exact) mass is 269 g/mol. The van der Waals surface area contributed by atoms with Crippen molar-refractivity contribution in [3.8, 4) is 17.6 Å². The molecular weight excluding hydrogens is 258 g/mol. The molecule has 0 saturated carbocycles. The van der Waals surface area contributed by atoms with Crippen LogP contribution < -0.4 is 9.47 Å². The molecule has 80 valence electrons. The van der Waals surface area contributed by atoms with Crippen molar-refractivity contribution < 1.29 is 9.47 Å². The van der Waals surface area contributed by atoms with Gasteiger partial charge in [0.05, 0.1) is 18.8 Å². The summed E-state index contributed by atoms with van der Waals surface area (Å²) in [7, 11) is 1.57. The Morgan fingerprint density at radius 2 is 2.00 bits per heavy atom. The molecule has 0 aliphatic rings. The quantitative estimate of drug-likeness (QED) is 0.847. The minimum atomic E-state index is 0.0478. The van der Waals surface area contributed by atoms with E-state index in [2.05, 4.69) is 22.0 Å². The molecule has 0 atom stereocenters. The highest BCUT2D eigenvalue weighted by atomic mass is 79.9. The van der Waals surface area contributed by atoms with Crippen molar-refractivity contribution in [3.05, 3.63) is 22.2 Å². The number of halogens is 1.